The highest BCUT2D eigenvalue weighted by molar-refractivity contribution is 7.97. The Morgan fingerprint density at radius 2 is 1.87 bits per heavy atom. The molecule has 0 aliphatic carbocycles. The molecule has 1 saturated heterocycles. The number of hydrogen-bond donors (Lipinski definition) is 1. The van der Waals surface area contributed by atoms with Crippen LogP contribution in [0.3, 0.4) is 0 Å². The second-order valence-electron chi connectivity index (χ2n) is 7.39. The van der Waals surface area contributed by atoms with Crippen molar-refractivity contribution in [2.45, 2.75) is 31.3 Å². The van der Waals surface area contributed by atoms with Crippen molar-refractivity contribution in [3.05, 3.63) is 70.7 Å². The van der Waals surface area contributed by atoms with Gasteiger partial charge in [0.05, 0.1) is 5.92 Å². The Labute approximate surface area is 190 Å². The number of nitrogens with zero attached hydrogens (tertiary/aromatic N) is 3. The molecule has 2 aromatic carbocycles. The molecule has 6 nitrogen and oxygen atoms in total. The van der Waals surface area contributed by atoms with Crippen molar-refractivity contribution < 1.29 is 9.59 Å². The van der Waals surface area contributed by atoms with E-state index in [1.165, 1.54) is 22.5 Å². The van der Waals surface area contributed by atoms with Gasteiger partial charge in [0.15, 0.2) is 0 Å². The predicted octanol–water partition coefficient (Wildman–Crippen LogP) is 4.53. The number of carbonyl (C=O) groups is 2. The number of rotatable bonds is 8. The van der Waals surface area contributed by atoms with Crippen LogP contribution in [0.4, 0.5) is 10.8 Å². The molecule has 2 heterocycles. The highest BCUT2D eigenvalue weighted by Gasteiger charge is 2.35. The first kappa shape index (κ1) is 21.5. The molecule has 0 radical (unpaired) electrons. The maximum absolute atomic E-state index is 12.7. The van der Waals surface area contributed by atoms with Crippen molar-refractivity contribution in [1.82, 2.24) is 10.2 Å². The normalized spacial score (nSPS) is 16.0. The van der Waals surface area contributed by atoms with Crippen LogP contribution < -0.4 is 10.2 Å². The maximum Gasteiger partial charge on any atom is 0.231 e. The largest absolute Gasteiger partial charge is 0.312 e. The topological polar surface area (TPSA) is 75.2 Å². The van der Waals surface area contributed by atoms with E-state index in [-0.39, 0.29) is 18.2 Å². The van der Waals surface area contributed by atoms with Gasteiger partial charge in [-0.05, 0) is 29.7 Å². The van der Waals surface area contributed by atoms with Gasteiger partial charge >= 0.3 is 0 Å². The number of amides is 2. The first-order chi connectivity index (χ1) is 15.1. The number of aromatic nitrogens is 2. The van der Waals surface area contributed by atoms with Crippen LogP contribution in [0.1, 0.15) is 29.5 Å². The molecule has 1 aliphatic heterocycles. The number of nitrogens with one attached hydrogen (secondary N) is 1. The molecule has 160 valence electrons. The zero-order valence-corrected chi connectivity index (χ0v) is 18.9. The summed E-state index contributed by atoms with van der Waals surface area (Å²) in [6.07, 6.45) is 1.16. The van der Waals surface area contributed by atoms with E-state index in [1.54, 1.807) is 16.7 Å². The first-order valence-corrected chi connectivity index (χ1v) is 12.2. The van der Waals surface area contributed by atoms with Crippen molar-refractivity contribution in [3.63, 3.8) is 0 Å². The smallest absolute Gasteiger partial charge is 0.231 e. The van der Waals surface area contributed by atoms with Crippen molar-refractivity contribution >= 4 is 45.7 Å². The fourth-order valence-corrected chi connectivity index (χ4v) is 5.23. The van der Waals surface area contributed by atoms with E-state index in [0.29, 0.717) is 11.7 Å². The van der Waals surface area contributed by atoms with Crippen LogP contribution in [0.15, 0.2) is 54.6 Å². The van der Waals surface area contributed by atoms with Gasteiger partial charge < -0.3 is 10.2 Å². The Morgan fingerprint density at radius 1 is 1.10 bits per heavy atom. The molecule has 1 aliphatic rings. The van der Waals surface area contributed by atoms with Crippen molar-refractivity contribution in [2.75, 3.05) is 16.8 Å². The Balaban J connectivity index is 1.29. The highest BCUT2D eigenvalue weighted by Crippen LogP contribution is 2.28. The molecular weight excluding hydrogens is 428 g/mol. The van der Waals surface area contributed by atoms with Crippen molar-refractivity contribution in [1.29, 1.82) is 0 Å². The minimum Gasteiger partial charge on any atom is -0.312 e. The second-order valence-corrected chi connectivity index (χ2v) is 9.44. The average Bonchev–Trinajstić information content (AvgIpc) is 3.41. The Bertz CT molecular complexity index is 1040. The molecule has 4 rings (SSSR count). The van der Waals surface area contributed by atoms with Crippen LogP contribution in [-0.2, 0) is 27.5 Å². The molecule has 1 aromatic heterocycles. The fraction of sp³-hybridized carbons (Fsp3) is 0.304. The highest BCUT2D eigenvalue weighted by atomic mass is 32.2. The molecule has 2 amide bonds. The van der Waals surface area contributed by atoms with Gasteiger partial charge in [-0.15, -0.1) is 22.0 Å². The monoisotopic (exact) mass is 452 g/mol. The summed E-state index contributed by atoms with van der Waals surface area (Å²) in [5, 5.41) is 12.5. The Hall–Kier alpha value is -2.71. The van der Waals surface area contributed by atoms with Gasteiger partial charge in [0.2, 0.25) is 16.9 Å². The summed E-state index contributed by atoms with van der Waals surface area (Å²) < 4.78 is 0. The number of aryl methyl sites for hydroxylation is 1. The van der Waals surface area contributed by atoms with E-state index in [0.717, 1.165) is 28.6 Å². The lowest BCUT2D eigenvalue weighted by Gasteiger charge is -2.17. The van der Waals surface area contributed by atoms with Gasteiger partial charge in [-0.1, -0.05) is 60.7 Å². The van der Waals surface area contributed by atoms with Gasteiger partial charge in [-0.25, -0.2) is 0 Å². The van der Waals surface area contributed by atoms with Crippen LogP contribution in [0.5, 0.6) is 0 Å². The standard InChI is InChI=1S/C23H24N4O2S2/c1-2-16-8-10-19(11-9-16)27-13-18(12-21(27)28)22(29)24-23-26-25-20(31-23)15-30-14-17-6-4-3-5-7-17/h3-11,18H,2,12-15H2,1H3,(H,24,26,29). The molecular formula is C23H24N4O2S2. The predicted molar refractivity (Wildman–Crippen MR) is 126 cm³/mol. The Morgan fingerprint density at radius 3 is 2.61 bits per heavy atom. The minimum absolute atomic E-state index is 0.0281. The van der Waals surface area contributed by atoms with Crippen LogP contribution in [0.2, 0.25) is 0 Å². The van der Waals surface area contributed by atoms with Gasteiger partial charge in [-0.2, -0.15) is 0 Å². The summed E-state index contributed by atoms with van der Waals surface area (Å²) in [4.78, 5) is 26.8. The van der Waals surface area contributed by atoms with E-state index < -0.39 is 5.92 Å². The number of anilines is 2. The van der Waals surface area contributed by atoms with Crippen molar-refractivity contribution in [3.8, 4) is 0 Å². The lowest BCUT2D eigenvalue weighted by Crippen LogP contribution is -2.28. The third-order valence-electron chi connectivity index (χ3n) is 5.19. The van der Waals surface area contributed by atoms with Crippen LogP contribution in [-0.4, -0.2) is 28.6 Å². The summed E-state index contributed by atoms with van der Waals surface area (Å²) in [7, 11) is 0. The van der Waals surface area contributed by atoms with Crippen LogP contribution in [0.25, 0.3) is 0 Å². The summed E-state index contributed by atoms with van der Waals surface area (Å²) in [5.41, 5.74) is 3.33. The van der Waals surface area contributed by atoms with Gasteiger partial charge in [0.1, 0.15) is 5.01 Å². The summed E-state index contributed by atoms with van der Waals surface area (Å²) in [6, 6.07) is 18.2. The third-order valence-corrected chi connectivity index (χ3v) is 7.22. The fourth-order valence-electron chi connectivity index (χ4n) is 3.44. The summed E-state index contributed by atoms with van der Waals surface area (Å²) in [5.74, 6) is 1.05. The molecule has 1 unspecified atom stereocenters. The molecule has 0 saturated carbocycles. The van der Waals surface area contributed by atoms with E-state index in [2.05, 4.69) is 34.6 Å². The Kier molecular flexibility index (Phi) is 6.99. The quantitative estimate of drug-likeness (QED) is 0.544. The minimum atomic E-state index is -0.391. The zero-order chi connectivity index (χ0) is 21.6. The summed E-state index contributed by atoms with van der Waals surface area (Å²) in [6.45, 7) is 2.48. The molecule has 0 spiro atoms. The molecule has 0 bridgehead atoms. The van der Waals surface area contributed by atoms with E-state index in [4.69, 9.17) is 0 Å². The number of benzene rings is 2. The lowest BCUT2D eigenvalue weighted by atomic mass is 10.1. The summed E-state index contributed by atoms with van der Waals surface area (Å²) >= 11 is 3.15. The maximum atomic E-state index is 12.7. The average molecular weight is 453 g/mol. The molecule has 3 aromatic rings. The lowest BCUT2D eigenvalue weighted by molar-refractivity contribution is -0.122. The third kappa shape index (κ3) is 5.51. The zero-order valence-electron chi connectivity index (χ0n) is 17.3. The van der Waals surface area contributed by atoms with E-state index >= 15 is 0 Å². The van der Waals surface area contributed by atoms with Gasteiger partial charge in [0, 0.05) is 30.2 Å². The van der Waals surface area contributed by atoms with Crippen LogP contribution in [0, 0.1) is 5.92 Å². The molecule has 1 fully saturated rings. The number of carbonyl (C=O) groups excluding carboxylic acids is 2. The van der Waals surface area contributed by atoms with Gasteiger partial charge in [0.25, 0.3) is 0 Å². The number of hydrogen-bond acceptors (Lipinski definition) is 6. The molecule has 31 heavy (non-hydrogen) atoms. The van der Waals surface area contributed by atoms with E-state index in [9.17, 15) is 9.59 Å². The SMILES string of the molecule is CCc1ccc(N2CC(C(=O)Nc3nnc(CSCc4ccccc4)s3)CC2=O)cc1. The van der Waals surface area contributed by atoms with E-state index in [1.807, 2.05) is 42.5 Å². The first-order valence-electron chi connectivity index (χ1n) is 10.3. The number of thioether (sulfide) groups is 1. The second kappa shape index (κ2) is 10.1. The van der Waals surface area contributed by atoms with Crippen LogP contribution >= 0.6 is 23.1 Å². The molecule has 8 heteroatoms. The van der Waals surface area contributed by atoms with Gasteiger partial charge in [-0.3, -0.25) is 9.59 Å². The molecule has 1 N–H and O–H groups in total. The molecule has 1 atom stereocenters. The van der Waals surface area contributed by atoms with Crippen molar-refractivity contribution in [2.24, 2.45) is 5.92 Å².